The summed E-state index contributed by atoms with van der Waals surface area (Å²) in [5.74, 6) is -2.69. The van der Waals surface area contributed by atoms with Crippen molar-refractivity contribution in [2.24, 2.45) is 5.73 Å². The molecule has 0 aliphatic heterocycles. The Morgan fingerprint density at radius 3 is 2.81 bits per heavy atom. The van der Waals surface area contributed by atoms with E-state index in [9.17, 15) is 13.6 Å². The molecular formula is C14H16F2N4O. The maximum absolute atomic E-state index is 13.6. The fourth-order valence-electron chi connectivity index (χ4n) is 1.92. The first-order chi connectivity index (χ1) is 10.0. The first-order valence-electron chi connectivity index (χ1n) is 6.55. The van der Waals surface area contributed by atoms with Crippen molar-refractivity contribution in [3.8, 4) is 0 Å². The highest BCUT2D eigenvalue weighted by atomic mass is 19.1. The van der Waals surface area contributed by atoms with Gasteiger partial charge in [0.05, 0.1) is 17.4 Å². The number of aromatic nitrogens is 2. The van der Waals surface area contributed by atoms with Crippen LogP contribution in [-0.4, -0.2) is 15.7 Å². The number of anilines is 1. The maximum atomic E-state index is 13.6. The van der Waals surface area contributed by atoms with E-state index in [0.717, 1.165) is 24.6 Å². The number of carbonyl (C=O) groups is 1. The topological polar surface area (TPSA) is 72.9 Å². The lowest BCUT2D eigenvalue weighted by molar-refractivity contribution is 0.0996. The summed E-state index contributed by atoms with van der Waals surface area (Å²) in [6, 6.07) is 1.71. The van der Waals surface area contributed by atoms with Crippen molar-refractivity contribution >= 4 is 11.6 Å². The van der Waals surface area contributed by atoms with Crippen LogP contribution in [0.2, 0.25) is 0 Å². The number of halogens is 2. The molecule has 2 rings (SSSR count). The zero-order chi connectivity index (χ0) is 15.4. The van der Waals surface area contributed by atoms with Crippen molar-refractivity contribution in [3.63, 3.8) is 0 Å². The standard InChI is InChI=1S/C14H16F2N4O/c1-2-3-20-8-9(7-19-20)6-18-13-4-10(14(17)21)11(15)5-12(13)16/h4-5,7-8,18H,2-3,6H2,1H3,(H2,17,21). The van der Waals surface area contributed by atoms with Gasteiger partial charge in [-0.25, -0.2) is 8.78 Å². The number of hydrogen-bond donors (Lipinski definition) is 2. The number of nitrogens with two attached hydrogens (primary N) is 1. The lowest BCUT2D eigenvalue weighted by Crippen LogP contribution is -2.14. The lowest BCUT2D eigenvalue weighted by atomic mass is 10.1. The van der Waals surface area contributed by atoms with E-state index in [1.165, 1.54) is 0 Å². The predicted molar refractivity (Wildman–Crippen MR) is 74.7 cm³/mol. The Balaban J connectivity index is 2.11. The second-order valence-electron chi connectivity index (χ2n) is 4.64. The molecule has 0 spiro atoms. The SMILES string of the molecule is CCCn1cc(CNc2cc(C(N)=O)c(F)cc2F)cn1. The largest absolute Gasteiger partial charge is 0.378 e. The van der Waals surface area contributed by atoms with Crippen LogP contribution in [0.15, 0.2) is 24.5 Å². The number of amides is 1. The molecule has 0 bridgehead atoms. The number of benzene rings is 1. The quantitative estimate of drug-likeness (QED) is 0.858. The van der Waals surface area contributed by atoms with Gasteiger partial charge in [-0.05, 0) is 12.5 Å². The minimum absolute atomic E-state index is 0.0217. The van der Waals surface area contributed by atoms with E-state index >= 15 is 0 Å². The summed E-state index contributed by atoms with van der Waals surface area (Å²) in [7, 11) is 0. The van der Waals surface area contributed by atoms with Crippen LogP contribution in [-0.2, 0) is 13.1 Å². The van der Waals surface area contributed by atoms with Gasteiger partial charge in [-0.3, -0.25) is 9.48 Å². The molecule has 0 saturated heterocycles. The van der Waals surface area contributed by atoms with E-state index in [1.807, 2.05) is 13.1 Å². The van der Waals surface area contributed by atoms with Gasteiger partial charge in [-0.1, -0.05) is 6.92 Å². The summed E-state index contributed by atoms with van der Waals surface area (Å²) in [6.45, 7) is 3.15. The molecule has 0 saturated carbocycles. The highest BCUT2D eigenvalue weighted by molar-refractivity contribution is 5.94. The number of carbonyl (C=O) groups excluding carboxylic acids is 1. The highest BCUT2D eigenvalue weighted by Crippen LogP contribution is 2.20. The van der Waals surface area contributed by atoms with Crippen molar-refractivity contribution in [1.29, 1.82) is 0 Å². The van der Waals surface area contributed by atoms with E-state index < -0.39 is 17.5 Å². The number of rotatable bonds is 6. The van der Waals surface area contributed by atoms with Crippen LogP contribution < -0.4 is 11.1 Å². The molecular weight excluding hydrogens is 278 g/mol. The summed E-state index contributed by atoms with van der Waals surface area (Å²) in [5, 5.41) is 6.95. The zero-order valence-corrected chi connectivity index (χ0v) is 11.6. The molecule has 0 aliphatic rings. The van der Waals surface area contributed by atoms with Gasteiger partial charge in [0.2, 0.25) is 0 Å². The molecule has 1 heterocycles. The first-order valence-corrected chi connectivity index (χ1v) is 6.55. The molecule has 0 aliphatic carbocycles. The molecule has 0 fully saturated rings. The molecule has 2 aromatic rings. The Labute approximate surface area is 120 Å². The van der Waals surface area contributed by atoms with Gasteiger partial charge in [0.25, 0.3) is 5.91 Å². The van der Waals surface area contributed by atoms with E-state index in [0.29, 0.717) is 12.6 Å². The van der Waals surface area contributed by atoms with Crippen LogP contribution in [0, 0.1) is 11.6 Å². The number of hydrogen-bond acceptors (Lipinski definition) is 3. The van der Waals surface area contributed by atoms with E-state index in [2.05, 4.69) is 10.4 Å². The second-order valence-corrected chi connectivity index (χ2v) is 4.64. The Morgan fingerprint density at radius 1 is 1.38 bits per heavy atom. The third-order valence-electron chi connectivity index (χ3n) is 2.94. The minimum atomic E-state index is -0.971. The smallest absolute Gasteiger partial charge is 0.251 e. The molecule has 112 valence electrons. The van der Waals surface area contributed by atoms with Crippen LogP contribution in [0.4, 0.5) is 14.5 Å². The Hall–Kier alpha value is -2.44. The van der Waals surface area contributed by atoms with Gasteiger partial charge in [-0.2, -0.15) is 5.10 Å². The molecule has 1 aromatic carbocycles. The molecule has 1 aromatic heterocycles. The van der Waals surface area contributed by atoms with Crippen LogP contribution >= 0.6 is 0 Å². The molecule has 0 radical (unpaired) electrons. The van der Waals surface area contributed by atoms with Crippen molar-refractivity contribution in [1.82, 2.24) is 9.78 Å². The molecule has 1 amide bonds. The van der Waals surface area contributed by atoms with Gasteiger partial charge >= 0.3 is 0 Å². The first kappa shape index (κ1) is 15.0. The third kappa shape index (κ3) is 3.56. The summed E-state index contributed by atoms with van der Waals surface area (Å²) in [6.07, 6.45) is 4.47. The summed E-state index contributed by atoms with van der Waals surface area (Å²) < 4.78 is 28.8. The van der Waals surface area contributed by atoms with Crippen LogP contribution in [0.5, 0.6) is 0 Å². The number of primary amides is 1. The predicted octanol–water partition coefficient (Wildman–Crippen LogP) is 2.28. The van der Waals surface area contributed by atoms with Crippen LogP contribution in [0.3, 0.4) is 0 Å². The van der Waals surface area contributed by atoms with Crippen molar-refractivity contribution in [2.75, 3.05) is 5.32 Å². The highest BCUT2D eigenvalue weighted by Gasteiger charge is 2.13. The summed E-state index contributed by atoms with van der Waals surface area (Å²) in [5.41, 5.74) is 5.56. The monoisotopic (exact) mass is 294 g/mol. The number of nitrogens with zero attached hydrogens (tertiary/aromatic N) is 2. The maximum Gasteiger partial charge on any atom is 0.251 e. The Morgan fingerprint density at radius 2 is 2.14 bits per heavy atom. The van der Waals surface area contributed by atoms with Gasteiger partial charge in [0.1, 0.15) is 11.6 Å². The van der Waals surface area contributed by atoms with Gasteiger partial charge in [-0.15, -0.1) is 0 Å². The van der Waals surface area contributed by atoms with Crippen molar-refractivity contribution in [2.45, 2.75) is 26.4 Å². The second kappa shape index (κ2) is 6.34. The van der Waals surface area contributed by atoms with E-state index in [-0.39, 0.29) is 11.3 Å². The fraction of sp³-hybridized carbons (Fsp3) is 0.286. The minimum Gasteiger partial charge on any atom is -0.378 e. The Kier molecular flexibility index (Phi) is 4.52. The summed E-state index contributed by atoms with van der Waals surface area (Å²) in [4.78, 5) is 11.1. The normalized spacial score (nSPS) is 10.6. The number of aryl methyl sites for hydroxylation is 1. The van der Waals surface area contributed by atoms with Gasteiger partial charge < -0.3 is 11.1 Å². The molecule has 0 atom stereocenters. The van der Waals surface area contributed by atoms with E-state index in [1.54, 1.807) is 10.9 Å². The average molecular weight is 294 g/mol. The molecule has 3 N–H and O–H groups in total. The Bertz CT molecular complexity index is 654. The average Bonchev–Trinajstić information content (AvgIpc) is 2.85. The molecule has 0 unspecified atom stereocenters. The van der Waals surface area contributed by atoms with Crippen molar-refractivity contribution < 1.29 is 13.6 Å². The van der Waals surface area contributed by atoms with E-state index in [4.69, 9.17) is 5.73 Å². The third-order valence-corrected chi connectivity index (χ3v) is 2.94. The number of nitrogens with one attached hydrogen (secondary N) is 1. The molecule has 7 heteroatoms. The van der Waals surface area contributed by atoms with Gasteiger partial charge in [0.15, 0.2) is 0 Å². The van der Waals surface area contributed by atoms with Crippen LogP contribution in [0.1, 0.15) is 29.3 Å². The van der Waals surface area contributed by atoms with Crippen molar-refractivity contribution in [3.05, 3.63) is 47.3 Å². The molecule has 5 nitrogen and oxygen atoms in total. The zero-order valence-electron chi connectivity index (χ0n) is 11.6. The summed E-state index contributed by atoms with van der Waals surface area (Å²) >= 11 is 0. The lowest BCUT2D eigenvalue weighted by Gasteiger charge is -2.08. The molecule has 21 heavy (non-hydrogen) atoms. The van der Waals surface area contributed by atoms with Crippen LogP contribution in [0.25, 0.3) is 0 Å². The fourth-order valence-corrected chi connectivity index (χ4v) is 1.92. The van der Waals surface area contributed by atoms with Gasteiger partial charge in [0, 0.05) is 30.9 Å².